The number of nitrogens with zero attached hydrogens (tertiary/aromatic N) is 1. The zero-order valence-corrected chi connectivity index (χ0v) is 15.7. The Morgan fingerprint density at radius 1 is 1.21 bits per heavy atom. The van der Waals surface area contributed by atoms with Crippen molar-refractivity contribution in [3.05, 3.63) is 64.6 Å². The lowest BCUT2D eigenvalue weighted by Crippen LogP contribution is -2.25. The van der Waals surface area contributed by atoms with E-state index in [0.29, 0.717) is 28.8 Å². The van der Waals surface area contributed by atoms with Gasteiger partial charge in [-0.1, -0.05) is 6.07 Å². The van der Waals surface area contributed by atoms with Crippen LogP contribution in [0.1, 0.15) is 24.2 Å². The number of carbonyl (C=O) groups is 1. The Morgan fingerprint density at radius 3 is 2.68 bits per heavy atom. The molecule has 1 heterocycles. The van der Waals surface area contributed by atoms with E-state index in [4.69, 9.17) is 4.74 Å². The highest BCUT2D eigenvalue weighted by atomic mass is 16.5. The molecule has 1 unspecified atom stereocenters. The summed E-state index contributed by atoms with van der Waals surface area (Å²) < 4.78 is 6.73. The number of carbonyl (C=O) groups excluding carboxylic acids is 1. The Hall–Kier alpha value is -3.32. The quantitative estimate of drug-likeness (QED) is 0.609. The number of rotatable bonds is 6. The van der Waals surface area contributed by atoms with E-state index >= 15 is 0 Å². The van der Waals surface area contributed by atoms with E-state index in [9.17, 15) is 19.8 Å². The number of hydrogen-bond acceptors (Lipinski definition) is 5. The maximum Gasteiger partial charge on any atom is 0.259 e. The molecule has 3 N–H and O–H groups in total. The summed E-state index contributed by atoms with van der Waals surface area (Å²) in [6, 6.07) is 11.2. The molecule has 0 fully saturated rings. The van der Waals surface area contributed by atoms with E-state index in [1.165, 1.54) is 16.7 Å². The zero-order chi connectivity index (χ0) is 20.3. The number of ether oxygens (including phenoxy) is 1. The number of benzene rings is 2. The van der Waals surface area contributed by atoms with Gasteiger partial charge in [0.25, 0.3) is 11.5 Å². The fraction of sp³-hybridized carbons (Fsp3) is 0.238. The largest absolute Gasteiger partial charge is 0.507 e. The average Bonchev–Trinajstić information content (AvgIpc) is 2.64. The number of aromatic nitrogens is 1. The average molecular weight is 382 g/mol. The number of amides is 1. The predicted octanol–water partition coefficient (Wildman–Crippen LogP) is 2.74. The fourth-order valence-corrected chi connectivity index (χ4v) is 3.01. The maximum atomic E-state index is 12.6. The van der Waals surface area contributed by atoms with Crippen LogP contribution in [0.3, 0.4) is 0 Å². The van der Waals surface area contributed by atoms with Crippen molar-refractivity contribution < 1.29 is 19.7 Å². The summed E-state index contributed by atoms with van der Waals surface area (Å²) >= 11 is 0. The van der Waals surface area contributed by atoms with E-state index in [1.54, 1.807) is 43.5 Å². The lowest BCUT2D eigenvalue weighted by molar-refractivity contribution is 0.102. The van der Waals surface area contributed by atoms with Crippen LogP contribution in [0.15, 0.2) is 53.5 Å². The number of aliphatic hydroxyl groups excluding tert-OH is 1. The van der Waals surface area contributed by atoms with Crippen molar-refractivity contribution in [2.24, 2.45) is 0 Å². The summed E-state index contributed by atoms with van der Waals surface area (Å²) in [6.45, 7) is 4.07. The molecule has 28 heavy (non-hydrogen) atoms. The highest BCUT2D eigenvalue weighted by Gasteiger charge is 2.15. The fourth-order valence-electron chi connectivity index (χ4n) is 3.01. The molecule has 0 radical (unpaired) electrons. The Kier molecular flexibility index (Phi) is 5.65. The number of fused-ring (bicyclic) bond motifs is 1. The lowest BCUT2D eigenvalue weighted by atomic mass is 10.1. The molecular weight excluding hydrogens is 360 g/mol. The van der Waals surface area contributed by atoms with Gasteiger partial charge in [-0.05, 0) is 44.2 Å². The van der Waals surface area contributed by atoms with E-state index in [-0.39, 0.29) is 23.4 Å². The number of phenolic OH excluding ortho intramolecular Hbond substituents is 1. The van der Waals surface area contributed by atoms with Gasteiger partial charge in [0.15, 0.2) is 0 Å². The minimum absolute atomic E-state index is 0.0999. The van der Waals surface area contributed by atoms with Crippen LogP contribution in [0.4, 0.5) is 5.69 Å². The molecule has 0 bridgehead atoms. The van der Waals surface area contributed by atoms with Gasteiger partial charge in [0.05, 0.1) is 24.8 Å². The van der Waals surface area contributed by atoms with Gasteiger partial charge in [0, 0.05) is 28.7 Å². The smallest absolute Gasteiger partial charge is 0.259 e. The molecule has 0 aliphatic carbocycles. The van der Waals surface area contributed by atoms with E-state index in [0.717, 1.165) is 0 Å². The molecule has 146 valence electrons. The predicted molar refractivity (Wildman–Crippen MR) is 107 cm³/mol. The van der Waals surface area contributed by atoms with Crippen molar-refractivity contribution in [1.82, 2.24) is 4.57 Å². The summed E-state index contributed by atoms with van der Waals surface area (Å²) in [7, 11) is 0. The molecule has 1 aromatic heterocycles. The van der Waals surface area contributed by atoms with Crippen molar-refractivity contribution in [3.63, 3.8) is 0 Å². The first-order chi connectivity index (χ1) is 13.4. The standard InChI is InChI=1S/C21H22N2O5/c1-3-28-14-7-8-17(19(25)11-14)20(26)22-18-6-4-5-16-15(18)9-10-23(21(16)27)12-13(2)24/h4-11,13,24-25H,3,12H2,1-2H3,(H,22,26). The van der Waals surface area contributed by atoms with Gasteiger partial charge < -0.3 is 24.8 Å². The van der Waals surface area contributed by atoms with Crippen LogP contribution in [0.25, 0.3) is 10.8 Å². The van der Waals surface area contributed by atoms with Crippen LogP contribution >= 0.6 is 0 Å². The van der Waals surface area contributed by atoms with Crippen LogP contribution in [0.5, 0.6) is 11.5 Å². The molecule has 7 heteroatoms. The number of aliphatic hydroxyl groups is 1. The third-order valence-electron chi connectivity index (χ3n) is 4.25. The highest BCUT2D eigenvalue weighted by Crippen LogP contribution is 2.26. The second-order valence-corrected chi connectivity index (χ2v) is 6.46. The van der Waals surface area contributed by atoms with Crippen molar-refractivity contribution >= 4 is 22.4 Å². The van der Waals surface area contributed by atoms with Crippen LogP contribution < -0.4 is 15.6 Å². The topological polar surface area (TPSA) is 101 Å². The first-order valence-electron chi connectivity index (χ1n) is 8.98. The molecule has 0 saturated heterocycles. The van der Waals surface area contributed by atoms with Gasteiger partial charge >= 0.3 is 0 Å². The molecule has 0 spiro atoms. The lowest BCUT2D eigenvalue weighted by Gasteiger charge is -2.13. The zero-order valence-electron chi connectivity index (χ0n) is 15.7. The molecule has 2 aromatic carbocycles. The third kappa shape index (κ3) is 3.99. The van der Waals surface area contributed by atoms with Crippen molar-refractivity contribution in [3.8, 4) is 11.5 Å². The van der Waals surface area contributed by atoms with Gasteiger partial charge in [0.2, 0.25) is 0 Å². The first kappa shape index (κ1) is 19.4. The third-order valence-corrected chi connectivity index (χ3v) is 4.25. The van der Waals surface area contributed by atoms with Gasteiger partial charge in [-0.25, -0.2) is 0 Å². The number of anilines is 1. The van der Waals surface area contributed by atoms with Gasteiger partial charge in [-0.15, -0.1) is 0 Å². The number of nitrogens with one attached hydrogen (secondary N) is 1. The van der Waals surface area contributed by atoms with Gasteiger partial charge in [-0.3, -0.25) is 9.59 Å². The highest BCUT2D eigenvalue weighted by molar-refractivity contribution is 6.10. The number of phenols is 1. The Bertz CT molecular complexity index is 1070. The summed E-state index contributed by atoms with van der Waals surface area (Å²) in [5, 5.41) is 23.4. The monoisotopic (exact) mass is 382 g/mol. The first-order valence-corrected chi connectivity index (χ1v) is 8.98. The normalized spacial score (nSPS) is 12.0. The summed E-state index contributed by atoms with van der Waals surface area (Å²) in [5.41, 5.74) is 0.304. The SMILES string of the molecule is CCOc1ccc(C(=O)Nc2cccc3c(=O)n(CC(C)O)ccc23)c(O)c1. The van der Waals surface area contributed by atoms with Crippen LogP contribution in [-0.4, -0.2) is 33.4 Å². The molecule has 3 aromatic rings. The van der Waals surface area contributed by atoms with Gasteiger partial charge in [-0.2, -0.15) is 0 Å². The Balaban J connectivity index is 1.93. The molecule has 3 rings (SSSR count). The minimum Gasteiger partial charge on any atom is -0.507 e. The van der Waals surface area contributed by atoms with Crippen molar-refractivity contribution in [1.29, 1.82) is 0 Å². The van der Waals surface area contributed by atoms with Crippen LogP contribution in [0, 0.1) is 0 Å². The van der Waals surface area contributed by atoms with Crippen molar-refractivity contribution in [2.75, 3.05) is 11.9 Å². The second kappa shape index (κ2) is 8.14. The van der Waals surface area contributed by atoms with E-state index in [2.05, 4.69) is 5.32 Å². The molecule has 0 saturated carbocycles. The van der Waals surface area contributed by atoms with E-state index in [1.807, 2.05) is 6.92 Å². The summed E-state index contributed by atoms with van der Waals surface area (Å²) in [6.07, 6.45) is 0.933. The molecule has 0 aliphatic rings. The number of hydrogen-bond donors (Lipinski definition) is 3. The maximum absolute atomic E-state index is 12.6. The Morgan fingerprint density at radius 2 is 2.00 bits per heavy atom. The molecule has 7 nitrogen and oxygen atoms in total. The van der Waals surface area contributed by atoms with Crippen LogP contribution in [-0.2, 0) is 6.54 Å². The summed E-state index contributed by atoms with van der Waals surface area (Å²) in [5.74, 6) is -0.218. The number of aromatic hydroxyl groups is 1. The second-order valence-electron chi connectivity index (χ2n) is 6.46. The number of pyridine rings is 1. The molecular formula is C21H22N2O5. The molecule has 0 aliphatic heterocycles. The molecule has 1 amide bonds. The van der Waals surface area contributed by atoms with Gasteiger partial charge in [0.1, 0.15) is 11.5 Å². The van der Waals surface area contributed by atoms with Crippen LogP contribution in [0.2, 0.25) is 0 Å². The van der Waals surface area contributed by atoms with Crippen molar-refractivity contribution in [2.45, 2.75) is 26.5 Å². The minimum atomic E-state index is -0.652. The summed E-state index contributed by atoms with van der Waals surface area (Å²) in [4.78, 5) is 25.2. The van der Waals surface area contributed by atoms with E-state index < -0.39 is 12.0 Å². The Labute approximate surface area is 161 Å². The molecule has 1 atom stereocenters.